The first-order valence-electron chi connectivity index (χ1n) is 6.72. The van der Waals surface area contributed by atoms with Gasteiger partial charge in [-0.1, -0.05) is 13.8 Å². The SMILES string of the molecule is COc1ccc2[nH]c3c(c(=O)c2c1)CC(C)(C)CC3. The Hall–Kier alpha value is -1.77. The number of hydrogen-bond donors (Lipinski definition) is 1. The van der Waals surface area contributed by atoms with Crippen LogP contribution < -0.4 is 10.2 Å². The molecule has 0 amide bonds. The highest BCUT2D eigenvalue weighted by molar-refractivity contribution is 5.81. The molecule has 1 N–H and O–H groups in total. The van der Waals surface area contributed by atoms with Gasteiger partial charge >= 0.3 is 0 Å². The number of rotatable bonds is 1. The summed E-state index contributed by atoms with van der Waals surface area (Å²) in [6, 6.07) is 5.64. The number of nitrogens with one attached hydrogen (secondary N) is 1. The molecule has 19 heavy (non-hydrogen) atoms. The van der Waals surface area contributed by atoms with Gasteiger partial charge in [-0.05, 0) is 42.9 Å². The van der Waals surface area contributed by atoms with Gasteiger partial charge in [-0.2, -0.15) is 0 Å². The number of methoxy groups -OCH3 is 1. The number of aryl methyl sites for hydroxylation is 1. The Balaban J connectivity index is 2.26. The Labute approximate surface area is 112 Å². The summed E-state index contributed by atoms with van der Waals surface area (Å²) in [5.74, 6) is 0.730. The Morgan fingerprint density at radius 3 is 2.84 bits per heavy atom. The molecule has 2 aromatic rings. The Morgan fingerprint density at radius 1 is 1.32 bits per heavy atom. The van der Waals surface area contributed by atoms with Crippen LogP contribution in [0.4, 0.5) is 0 Å². The number of hydrogen-bond acceptors (Lipinski definition) is 2. The lowest BCUT2D eigenvalue weighted by Crippen LogP contribution is -2.28. The van der Waals surface area contributed by atoms with Crippen LogP contribution in [0.15, 0.2) is 23.0 Å². The second kappa shape index (κ2) is 4.12. The topological polar surface area (TPSA) is 42.1 Å². The van der Waals surface area contributed by atoms with E-state index >= 15 is 0 Å². The van der Waals surface area contributed by atoms with Gasteiger partial charge in [0.05, 0.1) is 7.11 Å². The largest absolute Gasteiger partial charge is 0.497 e. The Kier molecular flexibility index (Phi) is 2.66. The summed E-state index contributed by atoms with van der Waals surface area (Å²) in [6.07, 6.45) is 2.93. The van der Waals surface area contributed by atoms with E-state index in [1.807, 2.05) is 18.2 Å². The fraction of sp³-hybridized carbons (Fsp3) is 0.438. The maximum absolute atomic E-state index is 12.7. The first-order valence-corrected chi connectivity index (χ1v) is 6.72. The normalized spacial score (nSPS) is 17.2. The number of aromatic nitrogens is 1. The molecule has 0 atom stereocenters. The fourth-order valence-corrected chi connectivity index (χ4v) is 2.92. The van der Waals surface area contributed by atoms with Gasteiger partial charge in [0.15, 0.2) is 5.43 Å². The lowest BCUT2D eigenvalue weighted by molar-refractivity contribution is 0.312. The third kappa shape index (κ3) is 2.03. The van der Waals surface area contributed by atoms with Crippen molar-refractivity contribution < 1.29 is 4.74 Å². The van der Waals surface area contributed by atoms with Crippen molar-refractivity contribution in [3.05, 3.63) is 39.7 Å². The van der Waals surface area contributed by atoms with E-state index < -0.39 is 0 Å². The summed E-state index contributed by atoms with van der Waals surface area (Å²) in [5, 5.41) is 0.732. The maximum atomic E-state index is 12.7. The molecule has 0 spiro atoms. The van der Waals surface area contributed by atoms with E-state index in [-0.39, 0.29) is 10.8 Å². The summed E-state index contributed by atoms with van der Waals surface area (Å²) in [5.41, 5.74) is 3.35. The monoisotopic (exact) mass is 257 g/mol. The van der Waals surface area contributed by atoms with Crippen molar-refractivity contribution in [1.82, 2.24) is 4.98 Å². The van der Waals surface area contributed by atoms with E-state index in [0.717, 1.165) is 47.2 Å². The van der Waals surface area contributed by atoms with Gasteiger partial charge < -0.3 is 9.72 Å². The lowest BCUT2D eigenvalue weighted by Gasteiger charge is -2.30. The van der Waals surface area contributed by atoms with Crippen molar-refractivity contribution in [2.45, 2.75) is 33.1 Å². The van der Waals surface area contributed by atoms with Gasteiger partial charge in [0.2, 0.25) is 0 Å². The van der Waals surface area contributed by atoms with Crippen LogP contribution in [-0.2, 0) is 12.8 Å². The van der Waals surface area contributed by atoms with Gasteiger partial charge in [-0.15, -0.1) is 0 Å². The van der Waals surface area contributed by atoms with Gasteiger partial charge in [0.1, 0.15) is 5.75 Å². The van der Waals surface area contributed by atoms with Crippen LogP contribution >= 0.6 is 0 Å². The standard InChI is InChI=1S/C16H19NO2/c1-16(2)7-6-14-12(9-16)15(18)11-8-10(19-3)4-5-13(11)17-14/h4-5,8H,6-7,9H2,1-3H3,(H,17,18). The van der Waals surface area contributed by atoms with E-state index in [1.165, 1.54) is 0 Å². The highest BCUT2D eigenvalue weighted by Crippen LogP contribution is 2.33. The van der Waals surface area contributed by atoms with Crippen molar-refractivity contribution in [2.75, 3.05) is 7.11 Å². The molecule has 0 unspecified atom stereocenters. The van der Waals surface area contributed by atoms with E-state index in [0.29, 0.717) is 0 Å². The van der Waals surface area contributed by atoms with Crippen molar-refractivity contribution in [1.29, 1.82) is 0 Å². The molecule has 1 aromatic carbocycles. The average molecular weight is 257 g/mol. The molecule has 1 aliphatic rings. The molecule has 3 rings (SSSR count). The summed E-state index contributed by atoms with van der Waals surface area (Å²) in [7, 11) is 1.62. The van der Waals surface area contributed by atoms with Crippen LogP contribution in [0.3, 0.4) is 0 Å². The predicted molar refractivity (Wildman–Crippen MR) is 76.9 cm³/mol. The van der Waals surface area contributed by atoms with Crippen LogP contribution in [0.5, 0.6) is 5.75 Å². The molecule has 0 saturated heterocycles. The smallest absolute Gasteiger partial charge is 0.192 e. The molecule has 3 heteroatoms. The van der Waals surface area contributed by atoms with Crippen LogP contribution in [-0.4, -0.2) is 12.1 Å². The molecule has 0 aliphatic heterocycles. The van der Waals surface area contributed by atoms with Gasteiger partial charge in [-0.3, -0.25) is 4.79 Å². The van der Waals surface area contributed by atoms with Crippen LogP contribution in [0.2, 0.25) is 0 Å². The van der Waals surface area contributed by atoms with Gasteiger partial charge in [-0.25, -0.2) is 0 Å². The second-order valence-electron chi connectivity index (χ2n) is 6.16. The number of benzene rings is 1. The maximum Gasteiger partial charge on any atom is 0.192 e. The molecule has 0 fully saturated rings. The lowest BCUT2D eigenvalue weighted by atomic mass is 9.75. The molecular weight excluding hydrogens is 238 g/mol. The third-order valence-corrected chi connectivity index (χ3v) is 4.10. The molecule has 0 radical (unpaired) electrons. The molecular formula is C16H19NO2. The van der Waals surface area contributed by atoms with E-state index in [1.54, 1.807) is 7.11 Å². The Morgan fingerprint density at radius 2 is 2.11 bits per heavy atom. The minimum absolute atomic E-state index is 0.162. The van der Waals surface area contributed by atoms with Gasteiger partial charge in [0.25, 0.3) is 0 Å². The zero-order chi connectivity index (χ0) is 13.6. The second-order valence-corrected chi connectivity index (χ2v) is 6.16. The van der Waals surface area contributed by atoms with Crippen molar-refractivity contribution in [3.8, 4) is 5.75 Å². The summed E-state index contributed by atoms with van der Waals surface area (Å²) in [4.78, 5) is 16.1. The zero-order valence-electron chi connectivity index (χ0n) is 11.7. The Bertz CT molecular complexity index is 698. The zero-order valence-corrected chi connectivity index (χ0v) is 11.7. The van der Waals surface area contributed by atoms with Crippen LogP contribution in [0.25, 0.3) is 10.9 Å². The summed E-state index contributed by atoms with van der Waals surface area (Å²) < 4.78 is 5.21. The molecule has 0 saturated carbocycles. The predicted octanol–water partition coefficient (Wildman–Crippen LogP) is 3.05. The van der Waals surface area contributed by atoms with Crippen LogP contribution in [0, 0.1) is 5.41 Å². The van der Waals surface area contributed by atoms with Crippen molar-refractivity contribution in [3.63, 3.8) is 0 Å². The first-order chi connectivity index (χ1) is 9.00. The van der Waals surface area contributed by atoms with E-state index in [2.05, 4.69) is 18.8 Å². The van der Waals surface area contributed by atoms with Crippen LogP contribution in [0.1, 0.15) is 31.5 Å². The number of ether oxygens (including phenoxy) is 1. The first kappa shape index (κ1) is 12.3. The number of aromatic amines is 1. The minimum Gasteiger partial charge on any atom is -0.497 e. The number of fused-ring (bicyclic) bond motifs is 2. The quantitative estimate of drug-likeness (QED) is 0.853. The summed E-state index contributed by atoms with van der Waals surface area (Å²) in [6.45, 7) is 4.45. The van der Waals surface area contributed by atoms with E-state index in [9.17, 15) is 4.79 Å². The van der Waals surface area contributed by atoms with Crippen molar-refractivity contribution >= 4 is 10.9 Å². The molecule has 1 aromatic heterocycles. The molecule has 0 bridgehead atoms. The minimum atomic E-state index is 0.162. The average Bonchev–Trinajstić information content (AvgIpc) is 2.39. The van der Waals surface area contributed by atoms with E-state index in [4.69, 9.17) is 4.74 Å². The fourth-order valence-electron chi connectivity index (χ4n) is 2.92. The van der Waals surface area contributed by atoms with Crippen molar-refractivity contribution in [2.24, 2.45) is 5.41 Å². The third-order valence-electron chi connectivity index (χ3n) is 4.10. The number of H-pyrrole nitrogens is 1. The molecule has 100 valence electrons. The molecule has 1 heterocycles. The highest BCUT2D eigenvalue weighted by Gasteiger charge is 2.28. The highest BCUT2D eigenvalue weighted by atomic mass is 16.5. The molecule has 3 nitrogen and oxygen atoms in total. The summed E-state index contributed by atoms with van der Waals surface area (Å²) >= 11 is 0. The molecule has 1 aliphatic carbocycles. The number of pyridine rings is 1. The van der Waals surface area contributed by atoms with Gasteiger partial charge in [0, 0.05) is 22.2 Å².